The second kappa shape index (κ2) is 10.7. The van der Waals surface area contributed by atoms with Crippen molar-refractivity contribution >= 4 is 51.7 Å². The normalized spacial score (nSPS) is 15.3. The van der Waals surface area contributed by atoms with Gasteiger partial charge >= 0.3 is 0 Å². The Labute approximate surface area is 211 Å². The summed E-state index contributed by atoms with van der Waals surface area (Å²) in [7, 11) is 0. The molecule has 2 aromatic carbocycles. The maximum absolute atomic E-state index is 13.6. The number of ether oxygens (including phenoxy) is 2. The summed E-state index contributed by atoms with van der Waals surface area (Å²) in [5, 5.41) is 6.63. The van der Waals surface area contributed by atoms with Crippen molar-refractivity contribution in [3.63, 3.8) is 0 Å². The molecule has 0 spiro atoms. The third kappa shape index (κ3) is 5.59. The molecule has 1 aliphatic rings. The Kier molecular flexibility index (Phi) is 7.01. The lowest BCUT2D eigenvalue weighted by molar-refractivity contribution is -0.111. The molecule has 4 aromatic rings. The Morgan fingerprint density at radius 2 is 2.08 bits per heavy atom. The molecule has 8 nitrogen and oxygen atoms in total. The summed E-state index contributed by atoms with van der Waals surface area (Å²) in [4.78, 5) is 25.6. The molecule has 3 heterocycles. The molecule has 1 fully saturated rings. The highest BCUT2D eigenvalue weighted by atomic mass is 35.5. The summed E-state index contributed by atoms with van der Waals surface area (Å²) in [5.74, 6) is 0.0467. The van der Waals surface area contributed by atoms with E-state index in [1.54, 1.807) is 42.6 Å². The second-order valence-corrected chi connectivity index (χ2v) is 8.43. The van der Waals surface area contributed by atoms with Gasteiger partial charge in [-0.3, -0.25) is 9.78 Å². The average Bonchev–Trinajstić information content (AvgIpc) is 3.39. The molecule has 0 saturated carbocycles. The van der Waals surface area contributed by atoms with E-state index < -0.39 is 5.82 Å². The number of benzene rings is 2. The average molecular weight is 506 g/mol. The van der Waals surface area contributed by atoms with Crippen molar-refractivity contribution in [1.82, 2.24) is 15.0 Å². The molecular weight excluding hydrogens is 485 g/mol. The van der Waals surface area contributed by atoms with E-state index in [2.05, 4.69) is 25.6 Å². The van der Waals surface area contributed by atoms with Crippen LogP contribution in [0, 0.1) is 5.82 Å². The molecule has 36 heavy (non-hydrogen) atoms. The molecule has 1 saturated heterocycles. The number of nitrogens with one attached hydrogen (secondary N) is 2. The molecule has 1 unspecified atom stereocenters. The van der Waals surface area contributed by atoms with E-state index in [0.29, 0.717) is 52.8 Å². The first-order valence-electron chi connectivity index (χ1n) is 11.2. The van der Waals surface area contributed by atoms with Gasteiger partial charge in [0.25, 0.3) is 0 Å². The highest BCUT2D eigenvalue weighted by Crippen LogP contribution is 2.35. The summed E-state index contributed by atoms with van der Waals surface area (Å²) in [6, 6.07) is 13.2. The number of carbonyl (C=O) groups excluding carboxylic acids is 1. The number of pyridine rings is 1. The molecule has 0 aliphatic carbocycles. The van der Waals surface area contributed by atoms with Gasteiger partial charge in [-0.1, -0.05) is 17.7 Å². The van der Waals surface area contributed by atoms with Gasteiger partial charge in [0.1, 0.15) is 29.8 Å². The second-order valence-electron chi connectivity index (χ2n) is 8.02. The molecule has 2 aromatic heterocycles. The first-order chi connectivity index (χ1) is 17.5. The van der Waals surface area contributed by atoms with E-state index in [1.165, 1.54) is 24.5 Å². The summed E-state index contributed by atoms with van der Waals surface area (Å²) < 4.78 is 25.2. The van der Waals surface area contributed by atoms with Crippen LogP contribution < -0.4 is 15.4 Å². The minimum absolute atomic E-state index is 0.0134. The number of anilines is 3. The largest absolute Gasteiger partial charge is 0.486 e. The SMILES string of the molecule is O=C(C=Cc1ccccn1)Nc1cc2c(Nc3ccc(F)c(Cl)c3)ncnc2cc1OC1CCOC1. The smallest absolute Gasteiger partial charge is 0.248 e. The van der Waals surface area contributed by atoms with Crippen LogP contribution in [0.5, 0.6) is 5.75 Å². The van der Waals surface area contributed by atoms with Gasteiger partial charge in [-0.2, -0.15) is 0 Å². The fraction of sp³-hybridized carbons (Fsp3) is 0.154. The number of carbonyl (C=O) groups is 1. The number of hydrogen-bond acceptors (Lipinski definition) is 7. The third-order valence-electron chi connectivity index (χ3n) is 5.45. The lowest BCUT2D eigenvalue weighted by Gasteiger charge is -2.17. The molecule has 0 bridgehead atoms. The van der Waals surface area contributed by atoms with Gasteiger partial charge in [0.15, 0.2) is 0 Å². The number of hydrogen-bond donors (Lipinski definition) is 2. The zero-order valence-corrected chi connectivity index (χ0v) is 19.7. The van der Waals surface area contributed by atoms with Gasteiger partial charge in [0.2, 0.25) is 5.91 Å². The Hall–Kier alpha value is -4.08. The number of fused-ring (bicyclic) bond motifs is 1. The minimum Gasteiger partial charge on any atom is -0.486 e. The van der Waals surface area contributed by atoms with Gasteiger partial charge in [-0.05, 0) is 42.5 Å². The zero-order chi connectivity index (χ0) is 24.9. The van der Waals surface area contributed by atoms with Crippen molar-refractivity contribution in [3.05, 3.63) is 83.7 Å². The predicted octanol–water partition coefficient (Wildman–Crippen LogP) is 5.38. The van der Waals surface area contributed by atoms with E-state index in [1.807, 2.05) is 6.07 Å². The zero-order valence-electron chi connectivity index (χ0n) is 18.9. The van der Waals surface area contributed by atoms with Crippen LogP contribution in [0.3, 0.4) is 0 Å². The molecule has 10 heteroatoms. The van der Waals surface area contributed by atoms with Crippen LogP contribution in [-0.4, -0.2) is 40.2 Å². The van der Waals surface area contributed by atoms with Crippen LogP contribution >= 0.6 is 11.6 Å². The van der Waals surface area contributed by atoms with E-state index in [-0.39, 0.29) is 17.0 Å². The number of aromatic nitrogens is 3. The van der Waals surface area contributed by atoms with Gasteiger partial charge in [-0.15, -0.1) is 0 Å². The Bertz CT molecular complexity index is 1430. The monoisotopic (exact) mass is 505 g/mol. The fourth-order valence-corrected chi connectivity index (χ4v) is 3.87. The first kappa shape index (κ1) is 23.7. The van der Waals surface area contributed by atoms with Crippen LogP contribution in [0.25, 0.3) is 17.0 Å². The molecule has 2 N–H and O–H groups in total. The number of halogens is 2. The lowest BCUT2D eigenvalue weighted by Crippen LogP contribution is -2.18. The van der Waals surface area contributed by atoms with Gasteiger partial charge < -0.3 is 20.1 Å². The van der Waals surface area contributed by atoms with E-state index >= 15 is 0 Å². The van der Waals surface area contributed by atoms with Gasteiger partial charge in [0.05, 0.1) is 35.1 Å². The van der Waals surface area contributed by atoms with Crippen LogP contribution in [0.4, 0.5) is 21.6 Å². The molecule has 0 radical (unpaired) electrons. The third-order valence-corrected chi connectivity index (χ3v) is 5.74. The van der Waals surface area contributed by atoms with E-state index in [0.717, 1.165) is 6.42 Å². The van der Waals surface area contributed by atoms with E-state index in [9.17, 15) is 9.18 Å². The van der Waals surface area contributed by atoms with Gasteiger partial charge in [-0.25, -0.2) is 14.4 Å². The van der Waals surface area contributed by atoms with Crippen LogP contribution in [0.15, 0.2) is 67.1 Å². The quantitative estimate of drug-likeness (QED) is 0.325. The van der Waals surface area contributed by atoms with Crippen LogP contribution in [0.2, 0.25) is 5.02 Å². The van der Waals surface area contributed by atoms with E-state index in [4.69, 9.17) is 21.1 Å². The standard InChI is InChI=1S/C26H21ClFN5O3/c27-20-11-17(4-6-21(20)28)32-26-19-12-23(33-25(34)7-5-16-3-1-2-9-29-16)24(13-22(19)30-15-31-26)36-18-8-10-35-14-18/h1-7,9,11-13,15,18H,8,10,14H2,(H,33,34)(H,30,31,32). The van der Waals surface area contributed by atoms with Crippen LogP contribution in [-0.2, 0) is 9.53 Å². The summed E-state index contributed by atoms with van der Waals surface area (Å²) in [6.07, 6.45) is 6.69. The highest BCUT2D eigenvalue weighted by Gasteiger charge is 2.21. The summed E-state index contributed by atoms with van der Waals surface area (Å²) in [5.41, 5.74) is 2.24. The lowest BCUT2D eigenvalue weighted by atomic mass is 10.1. The number of amides is 1. The molecule has 5 rings (SSSR count). The van der Waals surface area contributed by atoms with Crippen molar-refractivity contribution in [2.75, 3.05) is 23.8 Å². The molecular formula is C26H21ClFN5O3. The highest BCUT2D eigenvalue weighted by molar-refractivity contribution is 6.31. The van der Waals surface area contributed by atoms with Crippen molar-refractivity contribution in [3.8, 4) is 5.75 Å². The van der Waals surface area contributed by atoms with Crippen LogP contribution in [0.1, 0.15) is 12.1 Å². The van der Waals surface area contributed by atoms with Crippen molar-refractivity contribution in [2.45, 2.75) is 12.5 Å². The minimum atomic E-state index is -0.517. The number of rotatable bonds is 7. The van der Waals surface area contributed by atoms with Crippen molar-refractivity contribution in [2.24, 2.45) is 0 Å². The fourth-order valence-electron chi connectivity index (χ4n) is 3.68. The Balaban J connectivity index is 1.48. The molecule has 182 valence electrons. The Morgan fingerprint density at radius 3 is 2.86 bits per heavy atom. The number of nitrogens with zero attached hydrogens (tertiary/aromatic N) is 3. The van der Waals surface area contributed by atoms with Crippen molar-refractivity contribution in [1.29, 1.82) is 0 Å². The molecule has 1 atom stereocenters. The predicted molar refractivity (Wildman–Crippen MR) is 136 cm³/mol. The summed E-state index contributed by atoms with van der Waals surface area (Å²) in [6.45, 7) is 1.08. The maximum Gasteiger partial charge on any atom is 0.248 e. The molecule has 1 amide bonds. The Morgan fingerprint density at radius 1 is 1.17 bits per heavy atom. The maximum atomic E-state index is 13.6. The van der Waals surface area contributed by atoms with Gasteiger partial charge in [0, 0.05) is 35.8 Å². The first-order valence-corrected chi connectivity index (χ1v) is 11.6. The van der Waals surface area contributed by atoms with Crippen molar-refractivity contribution < 1.29 is 18.7 Å². The molecule has 1 aliphatic heterocycles. The topological polar surface area (TPSA) is 98.3 Å². The summed E-state index contributed by atoms with van der Waals surface area (Å²) >= 11 is 5.92.